The number of carbonyl (C=O) groups excluding carboxylic acids is 1. The van der Waals surface area contributed by atoms with E-state index in [0.29, 0.717) is 0 Å². The minimum absolute atomic E-state index is 0.0200. The van der Waals surface area contributed by atoms with Crippen LogP contribution >= 0.6 is 0 Å². The number of ether oxygens (including phenoxy) is 1. The van der Waals surface area contributed by atoms with Gasteiger partial charge in [-0.1, -0.05) is 25.3 Å². The highest BCUT2D eigenvalue weighted by Gasteiger charge is 2.38. The minimum atomic E-state index is 0.0200. The Hall–Kier alpha value is -2.11. The Morgan fingerprint density at radius 3 is 2.54 bits per heavy atom. The molecule has 1 saturated heterocycles. The number of hydrogen-bond donors (Lipinski definition) is 1. The molecule has 1 aliphatic heterocycles. The van der Waals surface area contributed by atoms with Crippen LogP contribution in [0.5, 0.6) is 0 Å². The Labute approximate surface area is 167 Å². The molecule has 0 unspecified atom stereocenters. The molecule has 1 aromatic carbocycles. The predicted molar refractivity (Wildman–Crippen MR) is 111 cm³/mol. The fourth-order valence-corrected chi connectivity index (χ4v) is 4.72. The van der Waals surface area contributed by atoms with Crippen molar-refractivity contribution in [1.29, 1.82) is 0 Å². The van der Waals surface area contributed by atoms with Gasteiger partial charge >= 0.3 is 0 Å². The van der Waals surface area contributed by atoms with Crippen LogP contribution in [0.15, 0.2) is 42.7 Å². The lowest BCUT2D eigenvalue weighted by molar-refractivity contribution is -0.0361. The molecule has 2 aromatic rings. The summed E-state index contributed by atoms with van der Waals surface area (Å²) >= 11 is 0. The van der Waals surface area contributed by atoms with E-state index in [4.69, 9.17) is 4.74 Å². The zero-order chi connectivity index (χ0) is 19.4. The number of amides is 1. The van der Waals surface area contributed by atoms with Gasteiger partial charge in [0.15, 0.2) is 0 Å². The average molecular weight is 382 g/mol. The summed E-state index contributed by atoms with van der Waals surface area (Å²) < 4.78 is 7.62. The lowest BCUT2D eigenvalue weighted by Crippen LogP contribution is -2.59. The second-order valence-electron chi connectivity index (χ2n) is 8.16. The number of aromatic nitrogens is 1. The lowest BCUT2D eigenvalue weighted by Gasteiger charge is -2.48. The van der Waals surface area contributed by atoms with Crippen molar-refractivity contribution in [3.63, 3.8) is 0 Å². The third-order valence-electron chi connectivity index (χ3n) is 6.40. The van der Waals surface area contributed by atoms with E-state index in [2.05, 4.69) is 21.7 Å². The van der Waals surface area contributed by atoms with Crippen molar-refractivity contribution >= 4 is 5.91 Å². The third-order valence-corrected chi connectivity index (χ3v) is 6.40. The number of benzene rings is 1. The molecule has 150 valence electrons. The molecule has 1 aliphatic carbocycles. The van der Waals surface area contributed by atoms with Gasteiger partial charge < -0.3 is 14.6 Å². The fourth-order valence-electron chi connectivity index (χ4n) is 4.72. The summed E-state index contributed by atoms with van der Waals surface area (Å²) in [5.41, 5.74) is 3.02. The fraction of sp³-hybridized carbons (Fsp3) is 0.522. The van der Waals surface area contributed by atoms with Gasteiger partial charge in [0, 0.05) is 48.8 Å². The number of carbonyl (C=O) groups is 1. The van der Waals surface area contributed by atoms with Crippen LogP contribution in [0, 0.1) is 6.92 Å². The summed E-state index contributed by atoms with van der Waals surface area (Å²) in [5, 5.41) is 3.27. The van der Waals surface area contributed by atoms with Crippen molar-refractivity contribution < 1.29 is 9.53 Å². The van der Waals surface area contributed by atoms with Crippen LogP contribution in [0.3, 0.4) is 0 Å². The highest BCUT2D eigenvalue weighted by atomic mass is 16.5. The van der Waals surface area contributed by atoms with Gasteiger partial charge in [-0.15, -0.1) is 0 Å². The minimum Gasteiger partial charge on any atom is -0.379 e. The molecule has 0 atom stereocenters. The van der Waals surface area contributed by atoms with Crippen molar-refractivity contribution in [2.45, 2.75) is 44.6 Å². The van der Waals surface area contributed by atoms with Gasteiger partial charge in [-0.2, -0.15) is 0 Å². The van der Waals surface area contributed by atoms with Crippen molar-refractivity contribution in [2.24, 2.45) is 0 Å². The molecule has 2 aliphatic rings. The zero-order valence-electron chi connectivity index (χ0n) is 16.8. The smallest absolute Gasteiger partial charge is 0.251 e. The number of nitrogens with zero attached hydrogens (tertiary/aromatic N) is 2. The molecule has 1 N–H and O–H groups in total. The summed E-state index contributed by atoms with van der Waals surface area (Å²) in [6, 6.07) is 9.96. The van der Waals surface area contributed by atoms with Gasteiger partial charge in [-0.05, 0) is 49.6 Å². The maximum absolute atomic E-state index is 13.0. The van der Waals surface area contributed by atoms with Crippen LogP contribution < -0.4 is 5.32 Å². The van der Waals surface area contributed by atoms with Gasteiger partial charge in [0.25, 0.3) is 5.91 Å². The van der Waals surface area contributed by atoms with Crippen LogP contribution in [0.1, 0.15) is 48.0 Å². The summed E-state index contributed by atoms with van der Waals surface area (Å²) in [6.07, 6.45) is 10.1. The lowest BCUT2D eigenvalue weighted by atomic mass is 9.79. The molecular weight excluding hydrogens is 350 g/mol. The Balaban J connectivity index is 1.49. The topological polar surface area (TPSA) is 46.5 Å². The van der Waals surface area contributed by atoms with Crippen molar-refractivity contribution in [1.82, 2.24) is 14.8 Å². The normalized spacial score (nSPS) is 20.0. The molecule has 0 radical (unpaired) electrons. The molecule has 1 saturated carbocycles. The van der Waals surface area contributed by atoms with Crippen molar-refractivity contribution in [3.8, 4) is 5.69 Å². The predicted octanol–water partition coefficient (Wildman–Crippen LogP) is 3.55. The highest BCUT2D eigenvalue weighted by molar-refractivity contribution is 5.95. The summed E-state index contributed by atoms with van der Waals surface area (Å²) in [4.78, 5) is 15.5. The van der Waals surface area contributed by atoms with Gasteiger partial charge in [0.05, 0.1) is 13.2 Å². The van der Waals surface area contributed by atoms with Crippen LogP contribution in [-0.4, -0.2) is 53.8 Å². The first kappa shape index (κ1) is 19.2. The van der Waals surface area contributed by atoms with E-state index in [9.17, 15) is 4.79 Å². The Kier molecular flexibility index (Phi) is 5.83. The quantitative estimate of drug-likeness (QED) is 0.862. The average Bonchev–Trinajstić information content (AvgIpc) is 3.28. The molecule has 5 nitrogen and oxygen atoms in total. The molecule has 1 aromatic heterocycles. The standard InChI is InChI=1S/C23H31N3O2/c1-19-7-8-20(17-21(19)25-11-5-6-12-25)22(27)24-18-23(9-3-2-4-10-23)26-13-15-28-16-14-26/h5-8,11-12,17H,2-4,9-10,13-16,18H2,1H3,(H,24,27). The van der Waals surface area contributed by atoms with Crippen molar-refractivity contribution in [2.75, 3.05) is 32.8 Å². The van der Waals surface area contributed by atoms with E-state index < -0.39 is 0 Å². The number of morpholine rings is 1. The number of aryl methyl sites for hydroxylation is 1. The van der Waals surface area contributed by atoms with Crippen molar-refractivity contribution in [3.05, 3.63) is 53.9 Å². The molecule has 4 rings (SSSR count). The number of nitrogens with one attached hydrogen (secondary N) is 1. The second kappa shape index (κ2) is 8.50. The van der Waals surface area contributed by atoms with Crippen LogP contribution in [0.4, 0.5) is 0 Å². The zero-order valence-corrected chi connectivity index (χ0v) is 16.8. The molecule has 2 heterocycles. The van der Waals surface area contributed by atoms with Gasteiger partial charge in [-0.3, -0.25) is 9.69 Å². The van der Waals surface area contributed by atoms with E-state index >= 15 is 0 Å². The van der Waals surface area contributed by atoms with E-state index in [1.54, 1.807) is 0 Å². The molecule has 0 spiro atoms. The van der Waals surface area contributed by atoms with Gasteiger partial charge in [0.2, 0.25) is 0 Å². The Morgan fingerprint density at radius 1 is 1.11 bits per heavy atom. The second-order valence-corrected chi connectivity index (χ2v) is 8.16. The van der Waals surface area contributed by atoms with E-state index in [0.717, 1.165) is 62.5 Å². The molecule has 2 fully saturated rings. The maximum Gasteiger partial charge on any atom is 0.251 e. The first-order chi connectivity index (χ1) is 13.7. The Bertz CT molecular complexity index is 788. The summed E-state index contributed by atoms with van der Waals surface area (Å²) in [5.74, 6) is 0.0200. The monoisotopic (exact) mass is 381 g/mol. The third kappa shape index (κ3) is 4.01. The van der Waals surface area contributed by atoms with Gasteiger partial charge in [-0.25, -0.2) is 0 Å². The van der Waals surface area contributed by atoms with Crippen LogP contribution in [0.25, 0.3) is 5.69 Å². The van der Waals surface area contributed by atoms with Crippen LogP contribution in [0.2, 0.25) is 0 Å². The van der Waals surface area contributed by atoms with Crippen LogP contribution in [-0.2, 0) is 4.74 Å². The number of rotatable bonds is 5. The largest absolute Gasteiger partial charge is 0.379 e. The SMILES string of the molecule is Cc1ccc(C(=O)NCC2(N3CCOCC3)CCCCC2)cc1-n1cccc1. The molecule has 0 bridgehead atoms. The first-order valence-corrected chi connectivity index (χ1v) is 10.5. The maximum atomic E-state index is 13.0. The Morgan fingerprint density at radius 2 is 1.82 bits per heavy atom. The summed E-state index contributed by atoms with van der Waals surface area (Å²) in [6.45, 7) is 6.34. The highest BCUT2D eigenvalue weighted by Crippen LogP contribution is 2.34. The van der Waals surface area contributed by atoms with E-state index in [-0.39, 0.29) is 11.4 Å². The summed E-state index contributed by atoms with van der Waals surface area (Å²) in [7, 11) is 0. The molecule has 1 amide bonds. The molecule has 5 heteroatoms. The van der Waals surface area contributed by atoms with Gasteiger partial charge in [0.1, 0.15) is 0 Å². The molecule has 28 heavy (non-hydrogen) atoms. The first-order valence-electron chi connectivity index (χ1n) is 10.5. The van der Waals surface area contributed by atoms with E-state index in [1.807, 2.05) is 42.7 Å². The van der Waals surface area contributed by atoms with E-state index in [1.165, 1.54) is 19.3 Å². The molecular formula is C23H31N3O2. The number of hydrogen-bond acceptors (Lipinski definition) is 3.